The largest absolute Gasteiger partial charge is 0.317 e. The molecule has 0 saturated carbocycles. The molecule has 0 amide bonds. The topological polar surface area (TPSA) is 28.2 Å². The van der Waals surface area contributed by atoms with Crippen molar-refractivity contribution in [3.05, 3.63) is 16.6 Å². The van der Waals surface area contributed by atoms with E-state index in [-0.39, 0.29) is 0 Å². The van der Waals surface area contributed by atoms with Crippen LogP contribution in [-0.2, 0) is 6.54 Å². The van der Waals surface area contributed by atoms with Crippen LogP contribution in [-0.4, -0.2) is 36.6 Å². The number of unbranched alkanes of at least 4 members (excludes halogenated alkanes) is 2. The molecule has 92 valence electrons. The molecule has 1 aromatic rings. The van der Waals surface area contributed by atoms with Crippen molar-refractivity contribution in [3.8, 4) is 0 Å². The van der Waals surface area contributed by atoms with Crippen LogP contribution in [0.5, 0.6) is 0 Å². The van der Waals surface area contributed by atoms with Gasteiger partial charge in [-0.1, -0.05) is 13.3 Å². The van der Waals surface area contributed by atoms with E-state index in [1.54, 1.807) is 11.3 Å². The lowest BCUT2D eigenvalue weighted by Gasteiger charge is -2.14. The van der Waals surface area contributed by atoms with Gasteiger partial charge in [-0.05, 0) is 39.5 Å². The molecule has 0 aliphatic heterocycles. The first-order valence-corrected chi connectivity index (χ1v) is 7.03. The Morgan fingerprint density at radius 1 is 1.38 bits per heavy atom. The number of rotatable bonds is 9. The molecule has 0 aliphatic rings. The summed E-state index contributed by atoms with van der Waals surface area (Å²) in [5.41, 5.74) is 3.10. The fourth-order valence-corrected chi connectivity index (χ4v) is 2.21. The third-order valence-electron chi connectivity index (χ3n) is 2.56. The molecule has 0 aliphatic carbocycles. The maximum Gasteiger partial charge on any atom is 0.0795 e. The highest BCUT2D eigenvalue weighted by Crippen LogP contribution is 2.05. The van der Waals surface area contributed by atoms with Crippen LogP contribution in [0.1, 0.15) is 31.9 Å². The highest BCUT2D eigenvalue weighted by atomic mass is 32.1. The Morgan fingerprint density at radius 2 is 2.25 bits per heavy atom. The van der Waals surface area contributed by atoms with Crippen LogP contribution in [0.4, 0.5) is 0 Å². The Kier molecular flexibility index (Phi) is 7.38. The molecule has 0 saturated heterocycles. The van der Waals surface area contributed by atoms with Gasteiger partial charge in [0.1, 0.15) is 0 Å². The highest BCUT2D eigenvalue weighted by molar-refractivity contribution is 7.07. The Labute approximate surface area is 103 Å². The summed E-state index contributed by atoms with van der Waals surface area (Å²) in [5, 5.41) is 5.48. The molecule has 0 aromatic carbocycles. The van der Waals surface area contributed by atoms with E-state index in [4.69, 9.17) is 0 Å². The maximum absolute atomic E-state index is 4.29. The summed E-state index contributed by atoms with van der Waals surface area (Å²) in [6.07, 6.45) is 3.89. The van der Waals surface area contributed by atoms with Gasteiger partial charge in [0.25, 0.3) is 0 Å². The predicted molar refractivity (Wildman–Crippen MR) is 70.8 cm³/mol. The van der Waals surface area contributed by atoms with Crippen LogP contribution in [0.15, 0.2) is 10.9 Å². The van der Waals surface area contributed by atoms with Crippen molar-refractivity contribution in [2.45, 2.75) is 32.7 Å². The summed E-state index contributed by atoms with van der Waals surface area (Å²) in [6.45, 7) is 6.55. The summed E-state index contributed by atoms with van der Waals surface area (Å²) in [4.78, 5) is 6.64. The summed E-state index contributed by atoms with van der Waals surface area (Å²) in [6, 6.07) is 0. The third-order valence-corrected chi connectivity index (χ3v) is 3.19. The van der Waals surface area contributed by atoms with E-state index < -0.39 is 0 Å². The zero-order valence-electron chi connectivity index (χ0n) is 10.4. The van der Waals surface area contributed by atoms with Crippen molar-refractivity contribution in [1.29, 1.82) is 0 Å². The van der Waals surface area contributed by atoms with Gasteiger partial charge in [-0.3, -0.25) is 0 Å². The standard InChI is InChI=1S/C12H23N3S/c1-3-13-7-5-4-6-8-15(2)9-12-10-16-11-14-12/h10-11,13H,3-9H2,1-2H3. The Morgan fingerprint density at radius 3 is 2.94 bits per heavy atom. The molecule has 0 unspecified atom stereocenters. The Balaban J connectivity index is 1.96. The van der Waals surface area contributed by atoms with E-state index >= 15 is 0 Å². The Bertz CT molecular complexity index is 249. The SMILES string of the molecule is CCNCCCCCN(C)Cc1cscn1. The molecule has 1 rings (SSSR count). The average molecular weight is 241 g/mol. The zero-order chi connectivity index (χ0) is 11.6. The molecule has 0 fully saturated rings. The molecule has 1 aromatic heterocycles. The first-order valence-electron chi connectivity index (χ1n) is 6.09. The number of thiazole rings is 1. The van der Waals surface area contributed by atoms with E-state index in [9.17, 15) is 0 Å². The van der Waals surface area contributed by atoms with E-state index in [1.165, 1.54) is 31.5 Å². The van der Waals surface area contributed by atoms with Crippen molar-refractivity contribution < 1.29 is 0 Å². The number of aromatic nitrogens is 1. The van der Waals surface area contributed by atoms with E-state index in [0.717, 1.165) is 19.6 Å². The van der Waals surface area contributed by atoms with Crippen molar-refractivity contribution >= 4 is 11.3 Å². The van der Waals surface area contributed by atoms with Crippen LogP contribution < -0.4 is 5.32 Å². The minimum atomic E-state index is 0.983. The van der Waals surface area contributed by atoms with E-state index in [2.05, 4.69) is 34.6 Å². The van der Waals surface area contributed by atoms with E-state index in [0.29, 0.717) is 0 Å². The van der Waals surface area contributed by atoms with Crippen LogP contribution >= 0.6 is 11.3 Å². The smallest absolute Gasteiger partial charge is 0.0795 e. The normalized spacial score (nSPS) is 11.2. The molecular formula is C12H23N3S. The lowest BCUT2D eigenvalue weighted by molar-refractivity contribution is 0.314. The van der Waals surface area contributed by atoms with Crippen LogP contribution in [0.2, 0.25) is 0 Å². The van der Waals surface area contributed by atoms with Gasteiger partial charge in [-0.15, -0.1) is 11.3 Å². The molecule has 0 radical (unpaired) electrons. The second-order valence-corrected chi connectivity index (χ2v) is 4.85. The summed E-state index contributed by atoms with van der Waals surface area (Å²) in [7, 11) is 2.17. The van der Waals surface area contributed by atoms with Crippen LogP contribution in [0, 0.1) is 0 Å². The van der Waals surface area contributed by atoms with E-state index in [1.807, 2.05) is 5.51 Å². The monoisotopic (exact) mass is 241 g/mol. The van der Waals surface area contributed by atoms with Crippen molar-refractivity contribution in [3.63, 3.8) is 0 Å². The van der Waals surface area contributed by atoms with Gasteiger partial charge in [0.2, 0.25) is 0 Å². The molecule has 0 bridgehead atoms. The predicted octanol–water partition coefficient (Wildman–Crippen LogP) is 2.35. The molecule has 1 N–H and O–H groups in total. The third kappa shape index (κ3) is 6.20. The van der Waals surface area contributed by atoms with Crippen LogP contribution in [0.25, 0.3) is 0 Å². The molecule has 0 atom stereocenters. The number of hydrogen-bond acceptors (Lipinski definition) is 4. The molecule has 4 heteroatoms. The average Bonchev–Trinajstić information content (AvgIpc) is 2.76. The maximum atomic E-state index is 4.29. The number of hydrogen-bond donors (Lipinski definition) is 1. The minimum Gasteiger partial charge on any atom is -0.317 e. The van der Waals surface area contributed by atoms with Gasteiger partial charge < -0.3 is 10.2 Å². The van der Waals surface area contributed by atoms with Crippen LogP contribution in [0.3, 0.4) is 0 Å². The van der Waals surface area contributed by atoms with Crippen molar-refractivity contribution in [2.75, 3.05) is 26.7 Å². The fraction of sp³-hybridized carbons (Fsp3) is 0.750. The van der Waals surface area contributed by atoms with Gasteiger partial charge in [-0.2, -0.15) is 0 Å². The number of nitrogens with one attached hydrogen (secondary N) is 1. The highest BCUT2D eigenvalue weighted by Gasteiger charge is 2.01. The van der Waals surface area contributed by atoms with Gasteiger partial charge in [0, 0.05) is 11.9 Å². The fourth-order valence-electron chi connectivity index (χ4n) is 1.66. The van der Waals surface area contributed by atoms with Gasteiger partial charge in [0.05, 0.1) is 11.2 Å². The van der Waals surface area contributed by atoms with Crippen molar-refractivity contribution in [1.82, 2.24) is 15.2 Å². The van der Waals surface area contributed by atoms with Crippen molar-refractivity contribution in [2.24, 2.45) is 0 Å². The lowest BCUT2D eigenvalue weighted by atomic mass is 10.2. The molecule has 3 nitrogen and oxygen atoms in total. The quantitative estimate of drug-likeness (QED) is 0.673. The summed E-state index contributed by atoms with van der Waals surface area (Å²) >= 11 is 1.67. The molecule has 1 heterocycles. The molecule has 0 spiro atoms. The lowest BCUT2D eigenvalue weighted by Crippen LogP contribution is -2.20. The minimum absolute atomic E-state index is 0.983. The van der Waals surface area contributed by atoms with Gasteiger partial charge in [-0.25, -0.2) is 4.98 Å². The summed E-state index contributed by atoms with van der Waals surface area (Å²) in [5.74, 6) is 0. The second kappa shape index (κ2) is 8.67. The summed E-state index contributed by atoms with van der Waals surface area (Å²) < 4.78 is 0. The van der Waals surface area contributed by atoms with Gasteiger partial charge >= 0.3 is 0 Å². The first kappa shape index (κ1) is 13.6. The molecule has 16 heavy (non-hydrogen) atoms. The Hall–Kier alpha value is -0.450. The van der Waals surface area contributed by atoms with Gasteiger partial charge in [0.15, 0.2) is 0 Å². The number of nitrogens with zero attached hydrogens (tertiary/aromatic N) is 2. The molecular weight excluding hydrogens is 218 g/mol. The zero-order valence-corrected chi connectivity index (χ0v) is 11.2. The first-order chi connectivity index (χ1) is 7.83. The second-order valence-electron chi connectivity index (χ2n) is 4.13.